The highest BCUT2D eigenvalue weighted by Crippen LogP contribution is 2.22. The molecule has 182 valence electrons. The lowest BCUT2D eigenvalue weighted by Crippen LogP contribution is -2.54. The molecule has 0 radical (unpaired) electrons. The number of likely N-dealkylation sites (tertiary alicyclic amines) is 1. The van der Waals surface area contributed by atoms with Gasteiger partial charge in [0.05, 0.1) is 5.92 Å². The molecule has 7 nitrogen and oxygen atoms in total. The smallest absolute Gasteiger partial charge is 0.408 e. The van der Waals surface area contributed by atoms with Crippen molar-refractivity contribution in [2.45, 2.75) is 89.8 Å². The van der Waals surface area contributed by atoms with Crippen LogP contribution in [0.15, 0.2) is 30.3 Å². The topological polar surface area (TPSA) is 87.7 Å². The normalized spacial score (nSPS) is 20.6. The Hall–Kier alpha value is -2.57. The third-order valence-corrected chi connectivity index (χ3v) is 6.33. The predicted octanol–water partition coefficient (Wildman–Crippen LogP) is 3.81. The maximum Gasteiger partial charge on any atom is 0.408 e. The highest BCUT2D eigenvalue weighted by atomic mass is 16.6. The lowest BCUT2D eigenvalue weighted by Gasteiger charge is -2.35. The van der Waals surface area contributed by atoms with Crippen LogP contribution in [0.2, 0.25) is 0 Å². The van der Waals surface area contributed by atoms with Gasteiger partial charge in [-0.1, -0.05) is 49.6 Å². The zero-order valence-electron chi connectivity index (χ0n) is 20.3. The van der Waals surface area contributed by atoms with Gasteiger partial charge in [-0.05, 0) is 52.0 Å². The second-order valence-electron chi connectivity index (χ2n) is 10.4. The van der Waals surface area contributed by atoms with Crippen molar-refractivity contribution in [2.24, 2.45) is 5.92 Å². The lowest BCUT2D eigenvalue weighted by molar-refractivity contribution is -0.137. The Balaban J connectivity index is 1.65. The summed E-state index contributed by atoms with van der Waals surface area (Å²) in [6, 6.07) is 9.14. The van der Waals surface area contributed by atoms with Crippen LogP contribution in [0.3, 0.4) is 0 Å². The van der Waals surface area contributed by atoms with Gasteiger partial charge in [0.25, 0.3) is 0 Å². The number of hydrogen-bond donors (Lipinski definition) is 2. The van der Waals surface area contributed by atoms with Gasteiger partial charge in [-0.3, -0.25) is 9.59 Å². The average molecular weight is 458 g/mol. The Morgan fingerprint density at radius 2 is 1.73 bits per heavy atom. The van der Waals surface area contributed by atoms with E-state index in [-0.39, 0.29) is 23.8 Å². The van der Waals surface area contributed by atoms with Gasteiger partial charge in [-0.25, -0.2) is 4.79 Å². The second kappa shape index (κ2) is 11.5. The van der Waals surface area contributed by atoms with Crippen LogP contribution in [0.25, 0.3) is 0 Å². The molecule has 2 fully saturated rings. The molecular formula is C26H39N3O4. The Labute approximate surface area is 197 Å². The summed E-state index contributed by atoms with van der Waals surface area (Å²) in [4.78, 5) is 40.6. The van der Waals surface area contributed by atoms with Gasteiger partial charge < -0.3 is 20.3 Å². The van der Waals surface area contributed by atoms with E-state index >= 15 is 0 Å². The number of benzene rings is 1. The van der Waals surface area contributed by atoms with E-state index in [4.69, 9.17) is 4.74 Å². The van der Waals surface area contributed by atoms with E-state index in [1.165, 1.54) is 6.42 Å². The summed E-state index contributed by atoms with van der Waals surface area (Å²) in [6.45, 7) is 6.36. The third-order valence-electron chi connectivity index (χ3n) is 6.33. The standard InChI is InChI=1S/C26H39N3O4/c1-26(2,3)33-25(32)28-22(17-19-11-6-4-7-12-19)24(31)29-16-10-13-20(18-29)23(30)27-21-14-8-5-9-15-21/h4,6-7,11-12,20-22H,5,8-10,13-18H2,1-3H3,(H,27,30)(H,28,32). The van der Waals surface area contributed by atoms with Crippen LogP contribution in [0.5, 0.6) is 0 Å². The zero-order valence-corrected chi connectivity index (χ0v) is 20.3. The molecule has 3 amide bonds. The molecular weight excluding hydrogens is 418 g/mol. The highest BCUT2D eigenvalue weighted by Gasteiger charge is 2.34. The molecule has 1 aromatic carbocycles. The minimum Gasteiger partial charge on any atom is -0.444 e. The molecule has 1 saturated carbocycles. The molecule has 0 aromatic heterocycles. The fourth-order valence-corrected chi connectivity index (χ4v) is 4.68. The molecule has 2 N–H and O–H groups in total. The van der Waals surface area contributed by atoms with Gasteiger partial charge in [0.1, 0.15) is 11.6 Å². The van der Waals surface area contributed by atoms with Gasteiger partial charge in [-0.15, -0.1) is 0 Å². The number of amides is 3. The molecule has 0 bridgehead atoms. The molecule has 2 unspecified atom stereocenters. The van der Waals surface area contributed by atoms with E-state index in [9.17, 15) is 14.4 Å². The summed E-state index contributed by atoms with van der Waals surface area (Å²) in [5.74, 6) is -0.317. The molecule has 1 saturated heterocycles. The monoisotopic (exact) mass is 457 g/mol. The number of nitrogens with zero attached hydrogens (tertiary/aromatic N) is 1. The van der Waals surface area contributed by atoms with Crippen LogP contribution in [-0.4, -0.2) is 53.6 Å². The van der Waals surface area contributed by atoms with Crippen LogP contribution in [0, 0.1) is 5.92 Å². The van der Waals surface area contributed by atoms with Crippen LogP contribution in [-0.2, 0) is 20.7 Å². The van der Waals surface area contributed by atoms with E-state index in [0.717, 1.165) is 44.1 Å². The van der Waals surface area contributed by atoms with Crippen molar-refractivity contribution in [2.75, 3.05) is 13.1 Å². The Morgan fingerprint density at radius 3 is 2.39 bits per heavy atom. The van der Waals surface area contributed by atoms with Crippen LogP contribution < -0.4 is 10.6 Å². The molecule has 1 aromatic rings. The fourth-order valence-electron chi connectivity index (χ4n) is 4.68. The summed E-state index contributed by atoms with van der Waals surface area (Å²) in [7, 11) is 0. The van der Waals surface area contributed by atoms with E-state index in [2.05, 4.69) is 10.6 Å². The first-order valence-corrected chi connectivity index (χ1v) is 12.3. The van der Waals surface area contributed by atoms with E-state index < -0.39 is 17.7 Å². The first-order chi connectivity index (χ1) is 15.7. The lowest BCUT2D eigenvalue weighted by atomic mass is 9.92. The number of ether oxygens (including phenoxy) is 1. The van der Waals surface area contributed by atoms with Crippen molar-refractivity contribution in [3.8, 4) is 0 Å². The van der Waals surface area contributed by atoms with Crippen LogP contribution >= 0.6 is 0 Å². The van der Waals surface area contributed by atoms with Gasteiger partial charge in [-0.2, -0.15) is 0 Å². The van der Waals surface area contributed by atoms with Crippen molar-refractivity contribution >= 4 is 17.9 Å². The van der Waals surface area contributed by atoms with Crippen molar-refractivity contribution in [3.63, 3.8) is 0 Å². The van der Waals surface area contributed by atoms with E-state index in [1.54, 1.807) is 25.7 Å². The second-order valence-corrected chi connectivity index (χ2v) is 10.4. The Morgan fingerprint density at radius 1 is 1.03 bits per heavy atom. The number of hydrogen-bond acceptors (Lipinski definition) is 4. The van der Waals surface area contributed by atoms with Gasteiger partial charge in [0, 0.05) is 25.6 Å². The summed E-state index contributed by atoms with van der Waals surface area (Å²) >= 11 is 0. The van der Waals surface area contributed by atoms with Crippen molar-refractivity contribution in [3.05, 3.63) is 35.9 Å². The van der Waals surface area contributed by atoms with E-state index in [0.29, 0.717) is 19.5 Å². The fraction of sp³-hybridized carbons (Fsp3) is 0.654. The molecule has 33 heavy (non-hydrogen) atoms. The van der Waals surface area contributed by atoms with Crippen molar-refractivity contribution in [1.29, 1.82) is 0 Å². The SMILES string of the molecule is CC(C)(C)OC(=O)NC(Cc1ccccc1)C(=O)N1CCCC(C(=O)NC2CCCCC2)C1. The highest BCUT2D eigenvalue weighted by molar-refractivity contribution is 5.87. The molecule has 0 spiro atoms. The summed E-state index contributed by atoms with van der Waals surface area (Å²) in [6.07, 6.45) is 6.97. The number of alkyl carbamates (subject to hydrolysis) is 1. The molecule has 1 heterocycles. The molecule has 1 aliphatic carbocycles. The Kier molecular flexibility index (Phi) is 8.75. The maximum absolute atomic E-state index is 13.5. The summed E-state index contributed by atoms with van der Waals surface area (Å²) < 4.78 is 5.40. The number of nitrogens with one attached hydrogen (secondary N) is 2. The molecule has 2 atom stereocenters. The van der Waals surface area contributed by atoms with E-state index in [1.807, 2.05) is 30.3 Å². The van der Waals surface area contributed by atoms with Crippen LogP contribution in [0.4, 0.5) is 4.79 Å². The summed E-state index contributed by atoms with van der Waals surface area (Å²) in [5, 5.41) is 5.98. The largest absolute Gasteiger partial charge is 0.444 e. The van der Waals surface area contributed by atoms with Crippen molar-refractivity contribution < 1.29 is 19.1 Å². The van der Waals surface area contributed by atoms with Gasteiger partial charge in [0.15, 0.2) is 0 Å². The average Bonchev–Trinajstić information content (AvgIpc) is 2.78. The van der Waals surface area contributed by atoms with Gasteiger partial charge >= 0.3 is 6.09 Å². The minimum atomic E-state index is -0.748. The van der Waals surface area contributed by atoms with Crippen molar-refractivity contribution in [1.82, 2.24) is 15.5 Å². The number of carbonyl (C=O) groups is 3. The molecule has 7 heteroatoms. The summed E-state index contributed by atoms with van der Waals surface area (Å²) in [5.41, 5.74) is 0.299. The number of piperidine rings is 1. The minimum absolute atomic E-state index is 0.0547. The molecule has 3 rings (SSSR count). The predicted molar refractivity (Wildman–Crippen MR) is 128 cm³/mol. The zero-order chi connectivity index (χ0) is 23.8. The third kappa shape index (κ3) is 8.06. The van der Waals surface area contributed by atoms with Gasteiger partial charge in [0.2, 0.25) is 11.8 Å². The number of carbonyl (C=O) groups excluding carboxylic acids is 3. The Bertz CT molecular complexity index is 800. The maximum atomic E-state index is 13.5. The first-order valence-electron chi connectivity index (χ1n) is 12.3. The first kappa shape index (κ1) is 25.1. The quantitative estimate of drug-likeness (QED) is 0.680. The number of rotatable bonds is 6. The molecule has 1 aliphatic heterocycles. The van der Waals surface area contributed by atoms with Crippen LogP contribution in [0.1, 0.15) is 71.3 Å². The molecule has 2 aliphatic rings.